The van der Waals surface area contributed by atoms with Crippen molar-refractivity contribution in [2.45, 2.75) is 188 Å². The van der Waals surface area contributed by atoms with Gasteiger partial charge < -0.3 is 46.4 Å². The zero-order valence-electron chi connectivity index (χ0n) is 48.4. The molecule has 5 amide bonds. The molecule has 0 spiro atoms. The lowest BCUT2D eigenvalue weighted by Gasteiger charge is -2.57. The van der Waals surface area contributed by atoms with Gasteiger partial charge in [0.1, 0.15) is 6.10 Å². The molecule has 0 saturated heterocycles. The van der Waals surface area contributed by atoms with E-state index in [9.17, 15) is 58.0 Å². The number of phosphoric ester groups is 1. The highest BCUT2D eigenvalue weighted by atomic mass is 33.1. The van der Waals surface area contributed by atoms with Crippen molar-refractivity contribution in [2.24, 2.45) is 58.7 Å². The van der Waals surface area contributed by atoms with E-state index in [1.807, 2.05) is 0 Å². The normalized spacial score (nSPS) is 25.0. The van der Waals surface area contributed by atoms with E-state index in [2.05, 4.69) is 71.8 Å². The third kappa shape index (κ3) is 23.5. The Hall–Kier alpha value is -3.69. The van der Waals surface area contributed by atoms with E-state index in [-0.39, 0.29) is 70.4 Å². The number of carboxylic acids is 2. The minimum atomic E-state index is -3.97. The van der Waals surface area contributed by atoms with Gasteiger partial charge in [0, 0.05) is 95.7 Å². The summed E-state index contributed by atoms with van der Waals surface area (Å²) in [6.45, 7) is 13.0. The van der Waals surface area contributed by atoms with Gasteiger partial charge in [0.25, 0.3) is 0 Å². The number of hydrogen-bond donors (Lipinski definition) is 8. The molecule has 23 heteroatoms. The molecule has 80 heavy (non-hydrogen) atoms. The number of carboxylic acid groups (broad SMARTS) is 2. The quantitative estimate of drug-likeness (QED) is 0.0123. The first-order valence-corrected chi connectivity index (χ1v) is 33.5. The molecule has 4 aliphatic carbocycles. The molecule has 4 aliphatic rings. The van der Waals surface area contributed by atoms with E-state index in [1.165, 1.54) is 65.7 Å². The lowest BCUT2D eigenvalue weighted by atomic mass is 9.48. The molecule has 8 unspecified atom stereocenters. The van der Waals surface area contributed by atoms with Gasteiger partial charge in [-0.25, -0.2) is 9.36 Å². The molecular weight excluding hydrogens is 1090 g/mol. The minimum Gasteiger partial charge on any atom is -0.481 e. The lowest BCUT2D eigenvalue weighted by Crippen LogP contribution is -2.51. The van der Waals surface area contributed by atoms with Crippen molar-refractivity contribution in [2.75, 3.05) is 51.4 Å². The van der Waals surface area contributed by atoms with Gasteiger partial charge in [0.2, 0.25) is 23.6 Å². The molecule has 0 bridgehead atoms. The van der Waals surface area contributed by atoms with Crippen LogP contribution in [0.4, 0.5) is 4.79 Å². The van der Waals surface area contributed by atoms with Gasteiger partial charge in [-0.2, -0.15) is 0 Å². The molecule has 0 radical (unpaired) electrons. The Morgan fingerprint density at radius 1 is 0.738 bits per heavy atom. The number of alkyl carbamates (subject to hydrolysis) is 1. The number of carbonyl (C=O) groups is 8. The zero-order chi connectivity index (χ0) is 58.8. The van der Waals surface area contributed by atoms with E-state index >= 15 is 0 Å². The lowest BCUT2D eigenvalue weighted by molar-refractivity contribution is -0.139. The number of aliphatic carboxylic acids is 2. The van der Waals surface area contributed by atoms with Gasteiger partial charge >= 0.3 is 25.9 Å². The van der Waals surface area contributed by atoms with Crippen LogP contribution < -0.4 is 26.6 Å². The number of phosphoric acid groups is 1. The summed E-state index contributed by atoms with van der Waals surface area (Å²) in [6.07, 6.45) is 14.4. The fourth-order valence-electron chi connectivity index (χ4n) is 13.2. The summed E-state index contributed by atoms with van der Waals surface area (Å²) in [5.41, 5.74) is 1.84. The van der Waals surface area contributed by atoms with Gasteiger partial charge in [0.15, 0.2) is 5.78 Å². The Bertz CT molecular complexity index is 2120. The number of unbranched alkanes of at least 4 members (excludes halogenated alkanes) is 3. The average Bonchev–Trinajstić information content (AvgIpc) is 4.02. The summed E-state index contributed by atoms with van der Waals surface area (Å²) in [7, 11) is -0.0106. The van der Waals surface area contributed by atoms with Crippen LogP contribution in [0.1, 0.15) is 176 Å². The highest BCUT2D eigenvalue weighted by Gasteiger charge is 2.59. The fourth-order valence-corrected chi connectivity index (χ4v) is 15.6. The molecule has 4 rings (SSSR count). The van der Waals surface area contributed by atoms with Crippen molar-refractivity contribution in [3.05, 3.63) is 11.6 Å². The van der Waals surface area contributed by atoms with Gasteiger partial charge in [-0.15, -0.1) is 0 Å². The summed E-state index contributed by atoms with van der Waals surface area (Å²) >= 11 is 0. The number of fused-ring (bicyclic) bond motifs is 5. The molecule has 3 fully saturated rings. The first-order valence-electron chi connectivity index (χ1n) is 29.5. The van der Waals surface area contributed by atoms with E-state index < -0.39 is 80.6 Å². The first kappa shape index (κ1) is 68.8. The molecule has 3 saturated carbocycles. The number of carbonyl (C=O) groups excluding carboxylic acids is 6. The summed E-state index contributed by atoms with van der Waals surface area (Å²) in [5.74, 6) is 0.879. The van der Waals surface area contributed by atoms with Crippen molar-refractivity contribution in [1.29, 1.82) is 0 Å². The summed E-state index contributed by atoms with van der Waals surface area (Å²) in [5, 5.41) is 32.1. The number of rotatable bonds is 39. The van der Waals surface area contributed by atoms with Crippen molar-refractivity contribution in [3.8, 4) is 0 Å². The van der Waals surface area contributed by atoms with Gasteiger partial charge in [-0.05, 0) is 117 Å². The molecule has 12 atom stereocenters. The predicted octanol–water partition coefficient (Wildman–Crippen LogP) is 8.99. The van der Waals surface area contributed by atoms with Crippen molar-refractivity contribution in [1.82, 2.24) is 26.6 Å². The minimum absolute atomic E-state index is 0.0214. The molecule has 0 heterocycles. The second-order valence-corrected chi connectivity index (χ2v) is 27.7. The van der Waals surface area contributed by atoms with E-state index in [0.29, 0.717) is 47.6 Å². The van der Waals surface area contributed by atoms with Crippen LogP contribution in [0.25, 0.3) is 0 Å². The molecule has 8 N–H and O–H groups in total. The zero-order valence-corrected chi connectivity index (χ0v) is 51.0. The van der Waals surface area contributed by atoms with Crippen LogP contribution >= 0.6 is 29.4 Å². The SMILES string of the molecule is COP(=O)(O)OCCCCCCNC(=O)CCSSCCNC(=O)[C@H](CCC(=O)O)CC(=O)[C@H](CCC(=O)O)NC(=O)CCNC(=O)CCNC(=O)O[C@H]1CCC2C(=CC[C@H]3C2CC(C)C2(C)C(C(C)CCCC(C)C)CCC32)C1. The number of allylic oxidation sites excluding steroid dienone is 1. The Balaban J connectivity index is 1.11. The maximum absolute atomic E-state index is 13.5. The topological polar surface area (TPSA) is 302 Å². The van der Waals surface area contributed by atoms with Crippen LogP contribution in [-0.2, 0) is 51.9 Å². The van der Waals surface area contributed by atoms with E-state index in [1.54, 1.807) is 0 Å². The average molecular weight is 1190 g/mol. The largest absolute Gasteiger partial charge is 0.481 e. The molecule has 0 aromatic heterocycles. The molecule has 0 aromatic rings. The van der Waals surface area contributed by atoms with Crippen LogP contribution in [0.3, 0.4) is 0 Å². The molecule has 20 nitrogen and oxygen atoms in total. The van der Waals surface area contributed by atoms with Crippen LogP contribution in [-0.4, -0.2) is 126 Å². The summed E-state index contributed by atoms with van der Waals surface area (Å²) in [4.78, 5) is 110. The fraction of sp³-hybridized carbons (Fsp3) is 0.825. The Morgan fingerprint density at radius 2 is 1.41 bits per heavy atom. The van der Waals surface area contributed by atoms with Crippen LogP contribution in [0.15, 0.2) is 11.6 Å². The van der Waals surface area contributed by atoms with Gasteiger partial charge in [-0.1, -0.05) is 100.0 Å². The smallest absolute Gasteiger partial charge is 0.471 e. The Kier molecular flexibility index (Phi) is 30.5. The number of hydrogen-bond acceptors (Lipinski definition) is 14. The number of Topliss-reactive ketones (excluding diaryl/α,β-unsaturated/α-hetero) is 1. The molecule has 456 valence electrons. The monoisotopic (exact) mass is 1190 g/mol. The second-order valence-electron chi connectivity index (χ2n) is 23.4. The van der Waals surface area contributed by atoms with E-state index in [0.717, 1.165) is 81.6 Å². The highest BCUT2D eigenvalue weighted by Crippen LogP contribution is 2.66. The maximum Gasteiger partial charge on any atom is 0.471 e. The van der Waals surface area contributed by atoms with Gasteiger partial charge in [-0.3, -0.25) is 42.6 Å². The number of ketones is 1. The molecule has 0 aliphatic heterocycles. The number of amides is 5. The summed E-state index contributed by atoms with van der Waals surface area (Å²) < 4.78 is 26.3. The Morgan fingerprint density at radius 3 is 2.14 bits per heavy atom. The summed E-state index contributed by atoms with van der Waals surface area (Å²) in [6, 6.07) is -1.28. The van der Waals surface area contributed by atoms with Crippen molar-refractivity contribution >= 4 is 76.9 Å². The number of nitrogens with one attached hydrogen (secondary N) is 5. The third-order valence-electron chi connectivity index (χ3n) is 17.5. The van der Waals surface area contributed by atoms with Crippen LogP contribution in [0.2, 0.25) is 0 Å². The van der Waals surface area contributed by atoms with Crippen LogP contribution in [0, 0.1) is 58.7 Å². The van der Waals surface area contributed by atoms with Crippen molar-refractivity contribution < 1.29 is 71.8 Å². The second kappa shape index (κ2) is 35.4. The predicted molar refractivity (Wildman–Crippen MR) is 309 cm³/mol. The molecule has 0 aromatic carbocycles. The highest BCUT2D eigenvalue weighted by molar-refractivity contribution is 8.76. The molecular formula is C57H96N5O15PS2. The third-order valence-corrected chi connectivity index (χ3v) is 20.9. The maximum atomic E-state index is 13.5. The van der Waals surface area contributed by atoms with E-state index in [4.69, 9.17) is 9.26 Å². The Labute approximate surface area is 482 Å². The van der Waals surface area contributed by atoms with Gasteiger partial charge in [0.05, 0.1) is 12.6 Å². The van der Waals surface area contributed by atoms with Crippen molar-refractivity contribution in [3.63, 3.8) is 0 Å². The van der Waals surface area contributed by atoms with Crippen LogP contribution in [0.5, 0.6) is 0 Å². The first-order chi connectivity index (χ1) is 38.0. The standard InChI is InChI=1S/C57H96N5O15PS2/c1-37(2)12-11-13-38(3)46-19-20-47-44-17-14-40-35-42(16-18-43(40)45(44)34-39(4)57(46,47)5)77-56(72)61-29-24-50(64)59-28-25-52(66)62-48(21-23-54(69)70)49(63)36-41(15-22-53(67)68)55(71)60-30-33-80-79-32-26-51(65)58-27-9-7-8-10-31-76-78(73,74)75-6/h14,37-39,41-48H,7-13,15-36H2,1-6H3,(H,58,65)(H,59,64)(H,60,71)(H,61,72)(H,62,66)(H,67,68)(H,69,70)(H,73,74)/t38?,39?,41-,42+,43?,44+,45?,46?,47?,48+,57?/m1/s1. The number of ether oxygens (including phenoxy) is 1.